The van der Waals surface area contributed by atoms with E-state index in [2.05, 4.69) is 49.9 Å². The molecule has 130 valence electrons. The molecule has 0 spiro atoms. The first-order chi connectivity index (χ1) is 11.2. The second kappa shape index (κ2) is 7.36. The lowest BCUT2D eigenvalue weighted by molar-refractivity contribution is 0.573. The van der Waals surface area contributed by atoms with Gasteiger partial charge in [-0.05, 0) is 67.6 Å². The lowest BCUT2D eigenvalue weighted by Gasteiger charge is -2.17. The summed E-state index contributed by atoms with van der Waals surface area (Å²) in [4.78, 5) is 0. The van der Waals surface area contributed by atoms with Crippen LogP contribution in [0.3, 0.4) is 0 Å². The average Bonchev–Trinajstić information content (AvgIpc) is 2.48. The summed E-state index contributed by atoms with van der Waals surface area (Å²) in [5, 5.41) is 3.52. The van der Waals surface area contributed by atoms with Gasteiger partial charge in [0.15, 0.2) is 0 Å². The van der Waals surface area contributed by atoms with Crippen molar-refractivity contribution in [2.45, 2.75) is 40.3 Å². The molecule has 0 heterocycles. The SMILES string of the molecule is Cc1cc(C)c(CNC(C)c2cccc(NS(C)(=O)=O)c2)cc1C. The molecule has 24 heavy (non-hydrogen) atoms. The maximum absolute atomic E-state index is 11.4. The van der Waals surface area contributed by atoms with Crippen LogP contribution in [0.4, 0.5) is 5.69 Å². The van der Waals surface area contributed by atoms with E-state index in [9.17, 15) is 8.42 Å². The molecule has 4 nitrogen and oxygen atoms in total. The number of hydrogen-bond donors (Lipinski definition) is 2. The van der Waals surface area contributed by atoms with Gasteiger partial charge in [-0.3, -0.25) is 4.72 Å². The van der Waals surface area contributed by atoms with Crippen molar-refractivity contribution in [3.8, 4) is 0 Å². The molecule has 1 unspecified atom stereocenters. The third-order valence-corrected chi connectivity index (χ3v) is 4.85. The van der Waals surface area contributed by atoms with Gasteiger partial charge in [-0.25, -0.2) is 8.42 Å². The molecule has 2 aromatic carbocycles. The number of rotatable bonds is 6. The Labute approximate surface area is 145 Å². The van der Waals surface area contributed by atoms with E-state index in [1.54, 1.807) is 6.07 Å². The highest BCUT2D eigenvalue weighted by Crippen LogP contribution is 2.20. The first-order valence-corrected chi connectivity index (χ1v) is 9.92. The summed E-state index contributed by atoms with van der Waals surface area (Å²) < 4.78 is 25.2. The van der Waals surface area contributed by atoms with E-state index in [1.165, 1.54) is 22.3 Å². The molecule has 0 saturated carbocycles. The molecule has 0 radical (unpaired) electrons. The van der Waals surface area contributed by atoms with Crippen LogP contribution in [0.1, 0.15) is 40.8 Å². The van der Waals surface area contributed by atoms with Crippen molar-refractivity contribution < 1.29 is 8.42 Å². The molecular weight excluding hydrogens is 320 g/mol. The van der Waals surface area contributed by atoms with Crippen molar-refractivity contribution in [2.24, 2.45) is 0 Å². The van der Waals surface area contributed by atoms with Crippen LogP contribution >= 0.6 is 0 Å². The van der Waals surface area contributed by atoms with Crippen LogP contribution in [0.15, 0.2) is 36.4 Å². The van der Waals surface area contributed by atoms with Crippen LogP contribution in [-0.4, -0.2) is 14.7 Å². The second-order valence-electron chi connectivity index (χ2n) is 6.47. The van der Waals surface area contributed by atoms with Crippen LogP contribution in [-0.2, 0) is 16.6 Å². The van der Waals surface area contributed by atoms with E-state index in [0.29, 0.717) is 5.69 Å². The molecule has 1 atom stereocenters. The van der Waals surface area contributed by atoms with E-state index in [1.807, 2.05) is 18.2 Å². The fraction of sp³-hybridized carbons (Fsp3) is 0.368. The Hall–Kier alpha value is -1.85. The Morgan fingerprint density at radius 1 is 1.00 bits per heavy atom. The summed E-state index contributed by atoms with van der Waals surface area (Å²) in [6.45, 7) is 9.24. The second-order valence-corrected chi connectivity index (χ2v) is 8.21. The molecule has 0 amide bonds. The minimum Gasteiger partial charge on any atom is -0.306 e. The van der Waals surface area contributed by atoms with E-state index >= 15 is 0 Å². The highest BCUT2D eigenvalue weighted by atomic mass is 32.2. The highest BCUT2D eigenvalue weighted by Gasteiger charge is 2.09. The summed E-state index contributed by atoms with van der Waals surface area (Å²) in [6, 6.07) is 12.0. The van der Waals surface area contributed by atoms with Gasteiger partial charge in [-0.15, -0.1) is 0 Å². The van der Waals surface area contributed by atoms with Gasteiger partial charge in [0.1, 0.15) is 0 Å². The van der Waals surface area contributed by atoms with Crippen molar-refractivity contribution in [1.29, 1.82) is 0 Å². The molecule has 0 aliphatic carbocycles. The van der Waals surface area contributed by atoms with Gasteiger partial charge in [0, 0.05) is 18.3 Å². The third-order valence-electron chi connectivity index (χ3n) is 4.24. The number of hydrogen-bond acceptors (Lipinski definition) is 3. The molecule has 0 saturated heterocycles. The minimum absolute atomic E-state index is 0.118. The van der Waals surface area contributed by atoms with Gasteiger partial charge in [0.25, 0.3) is 0 Å². The molecule has 0 bridgehead atoms. The Balaban J connectivity index is 2.09. The summed E-state index contributed by atoms with van der Waals surface area (Å²) in [7, 11) is -3.26. The van der Waals surface area contributed by atoms with E-state index in [-0.39, 0.29) is 6.04 Å². The van der Waals surface area contributed by atoms with Crippen LogP contribution in [0.5, 0.6) is 0 Å². The summed E-state index contributed by atoms with van der Waals surface area (Å²) in [6.07, 6.45) is 1.16. The molecule has 5 heteroatoms. The van der Waals surface area contributed by atoms with Crippen molar-refractivity contribution in [3.05, 3.63) is 64.2 Å². The van der Waals surface area contributed by atoms with Gasteiger partial charge in [0.05, 0.1) is 6.26 Å². The average molecular weight is 346 g/mol. The van der Waals surface area contributed by atoms with Crippen LogP contribution < -0.4 is 10.0 Å². The number of sulfonamides is 1. The molecule has 2 N–H and O–H groups in total. The quantitative estimate of drug-likeness (QED) is 0.835. The smallest absolute Gasteiger partial charge is 0.229 e. The van der Waals surface area contributed by atoms with E-state index < -0.39 is 10.0 Å². The zero-order valence-electron chi connectivity index (χ0n) is 15.0. The topological polar surface area (TPSA) is 58.2 Å². The maximum Gasteiger partial charge on any atom is 0.229 e. The molecular formula is C19H26N2O2S. The zero-order valence-corrected chi connectivity index (χ0v) is 15.8. The first-order valence-electron chi connectivity index (χ1n) is 8.03. The predicted octanol–water partition coefficient (Wildman–Crippen LogP) is 3.83. The minimum atomic E-state index is -3.26. The Bertz CT molecular complexity index is 829. The molecule has 0 aliphatic heterocycles. The largest absolute Gasteiger partial charge is 0.306 e. The Morgan fingerprint density at radius 3 is 2.33 bits per heavy atom. The first kappa shape index (κ1) is 18.5. The third kappa shape index (κ3) is 5.08. The van der Waals surface area contributed by atoms with Crippen molar-refractivity contribution >= 4 is 15.7 Å². The van der Waals surface area contributed by atoms with Crippen LogP contribution in [0.2, 0.25) is 0 Å². The summed E-state index contributed by atoms with van der Waals surface area (Å²) in [5.74, 6) is 0. The molecule has 2 aromatic rings. The standard InChI is InChI=1S/C19H26N2O2S/c1-13-9-15(3)18(10-14(13)2)12-20-16(4)17-7-6-8-19(11-17)21-24(5,22)23/h6-11,16,20-21H,12H2,1-5H3. The molecule has 0 fully saturated rings. The lowest BCUT2D eigenvalue weighted by atomic mass is 10.0. The van der Waals surface area contributed by atoms with Crippen molar-refractivity contribution in [3.63, 3.8) is 0 Å². The lowest BCUT2D eigenvalue weighted by Crippen LogP contribution is -2.19. The van der Waals surface area contributed by atoms with Gasteiger partial charge in [-0.2, -0.15) is 0 Å². The van der Waals surface area contributed by atoms with Crippen molar-refractivity contribution in [2.75, 3.05) is 11.0 Å². The number of anilines is 1. The van der Waals surface area contributed by atoms with Gasteiger partial charge < -0.3 is 5.32 Å². The fourth-order valence-electron chi connectivity index (χ4n) is 2.68. The van der Waals surface area contributed by atoms with Gasteiger partial charge in [0.2, 0.25) is 10.0 Å². The summed E-state index contributed by atoms with van der Waals surface area (Å²) in [5.41, 5.74) is 6.81. The number of nitrogens with one attached hydrogen (secondary N) is 2. The molecule has 0 aromatic heterocycles. The Morgan fingerprint density at radius 2 is 1.67 bits per heavy atom. The Kier molecular flexibility index (Phi) is 5.67. The normalized spacial score (nSPS) is 12.9. The number of aryl methyl sites for hydroxylation is 3. The predicted molar refractivity (Wildman–Crippen MR) is 101 cm³/mol. The molecule has 2 rings (SSSR count). The molecule has 0 aliphatic rings. The van der Waals surface area contributed by atoms with E-state index in [4.69, 9.17) is 0 Å². The monoisotopic (exact) mass is 346 g/mol. The zero-order chi connectivity index (χ0) is 17.9. The number of benzene rings is 2. The summed E-state index contributed by atoms with van der Waals surface area (Å²) >= 11 is 0. The van der Waals surface area contributed by atoms with Gasteiger partial charge in [-0.1, -0.05) is 24.3 Å². The van der Waals surface area contributed by atoms with Crippen molar-refractivity contribution in [1.82, 2.24) is 5.32 Å². The van der Waals surface area contributed by atoms with Crippen LogP contribution in [0.25, 0.3) is 0 Å². The van der Waals surface area contributed by atoms with Crippen LogP contribution in [0, 0.1) is 20.8 Å². The van der Waals surface area contributed by atoms with Gasteiger partial charge >= 0.3 is 0 Å². The maximum atomic E-state index is 11.4. The highest BCUT2D eigenvalue weighted by molar-refractivity contribution is 7.92. The van der Waals surface area contributed by atoms with E-state index in [0.717, 1.165) is 18.4 Å². The fourth-order valence-corrected chi connectivity index (χ4v) is 3.23.